The van der Waals surface area contributed by atoms with Gasteiger partial charge in [0, 0.05) is 13.1 Å². The Morgan fingerprint density at radius 3 is 3.12 bits per heavy atom. The molecule has 0 bridgehead atoms. The van der Waals surface area contributed by atoms with Crippen molar-refractivity contribution in [2.75, 3.05) is 6.54 Å². The van der Waals surface area contributed by atoms with Gasteiger partial charge in [-0.25, -0.2) is 4.98 Å². The van der Waals surface area contributed by atoms with Crippen LogP contribution < -0.4 is 5.32 Å². The first kappa shape index (κ1) is 11.0. The summed E-state index contributed by atoms with van der Waals surface area (Å²) in [7, 11) is 0. The number of hydrogen-bond acceptors (Lipinski definition) is 4. The van der Waals surface area contributed by atoms with Gasteiger partial charge in [0.1, 0.15) is 11.5 Å². The summed E-state index contributed by atoms with van der Waals surface area (Å²) in [5, 5.41) is 12.6. The number of aromatic nitrogens is 2. The molecular weight excluding hydrogens is 286 g/mol. The molecule has 2 aromatic rings. The normalized spacial score (nSPS) is 14.9. The summed E-state index contributed by atoms with van der Waals surface area (Å²) in [6.07, 6.45) is 0. The highest BCUT2D eigenvalue weighted by atomic mass is 79.9. The Morgan fingerprint density at radius 2 is 2.41 bits per heavy atom. The lowest BCUT2D eigenvalue weighted by Gasteiger charge is -2.16. The molecule has 0 unspecified atom stereocenters. The highest BCUT2D eigenvalue weighted by molar-refractivity contribution is 9.10. The zero-order valence-corrected chi connectivity index (χ0v) is 10.7. The van der Waals surface area contributed by atoms with Crippen LogP contribution in [-0.4, -0.2) is 21.2 Å². The number of nitrogens with zero attached hydrogens (tertiary/aromatic N) is 2. The van der Waals surface area contributed by atoms with Crippen LogP contribution in [0.15, 0.2) is 21.2 Å². The second-order valence-electron chi connectivity index (χ2n) is 3.91. The Morgan fingerprint density at radius 1 is 1.53 bits per heavy atom. The summed E-state index contributed by atoms with van der Waals surface area (Å²) in [6, 6.07) is 3.73. The van der Waals surface area contributed by atoms with Crippen LogP contribution in [0.5, 0.6) is 0 Å². The van der Waals surface area contributed by atoms with Gasteiger partial charge in [0.15, 0.2) is 10.4 Å². The Hall–Kier alpha value is -1.11. The van der Waals surface area contributed by atoms with E-state index in [2.05, 4.69) is 30.8 Å². The molecule has 1 aliphatic heterocycles. The van der Waals surface area contributed by atoms with Gasteiger partial charge in [-0.3, -0.25) is 0 Å². The van der Waals surface area contributed by atoms with Crippen LogP contribution in [0.25, 0.3) is 11.5 Å². The molecule has 0 fully saturated rings. The standard InChI is InChI=1S/C11H12BrN3O2/c12-9-2-1-8(17-9)11-7(6-16)14-10-5-13-3-4-15(10)11/h1-2,13,16H,3-6H2. The molecule has 2 aromatic heterocycles. The molecule has 90 valence electrons. The quantitative estimate of drug-likeness (QED) is 0.882. The van der Waals surface area contributed by atoms with Crippen molar-refractivity contribution in [3.05, 3.63) is 28.3 Å². The van der Waals surface area contributed by atoms with Crippen LogP contribution in [0.3, 0.4) is 0 Å². The topological polar surface area (TPSA) is 63.2 Å². The number of nitrogens with one attached hydrogen (secondary N) is 1. The van der Waals surface area contributed by atoms with E-state index >= 15 is 0 Å². The van der Waals surface area contributed by atoms with Crippen molar-refractivity contribution in [1.82, 2.24) is 14.9 Å². The lowest BCUT2D eigenvalue weighted by molar-refractivity contribution is 0.277. The van der Waals surface area contributed by atoms with Crippen molar-refractivity contribution < 1.29 is 9.52 Å². The summed E-state index contributed by atoms with van der Waals surface area (Å²) in [4.78, 5) is 4.43. The number of rotatable bonds is 2. The van der Waals surface area contributed by atoms with Crippen LogP contribution in [0.4, 0.5) is 0 Å². The van der Waals surface area contributed by atoms with E-state index in [0.29, 0.717) is 10.4 Å². The largest absolute Gasteiger partial charge is 0.448 e. The van der Waals surface area contributed by atoms with Crippen LogP contribution in [0.2, 0.25) is 0 Å². The number of hydrogen-bond donors (Lipinski definition) is 2. The van der Waals surface area contributed by atoms with E-state index < -0.39 is 0 Å². The maximum absolute atomic E-state index is 9.39. The maximum Gasteiger partial charge on any atom is 0.169 e. The molecule has 0 saturated carbocycles. The van der Waals surface area contributed by atoms with Gasteiger partial charge in [0.2, 0.25) is 0 Å². The van der Waals surface area contributed by atoms with Gasteiger partial charge in [-0.05, 0) is 28.1 Å². The smallest absolute Gasteiger partial charge is 0.169 e. The molecule has 0 aliphatic carbocycles. The van der Waals surface area contributed by atoms with Crippen molar-refractivity contribution in [3.8, 4) is 11.5 Å². The molecule has 2 N–H and O–H groups in total. The molecule has 0 atom stereocenters. The Labute approximate surface area is 107 Å². The molecule has 17 heavy (non-hydrogen) atoms. The van der Waals surface area contributed by atoms with Crippen molar-refractivity contribution in [3.63, 3.8) is 0 Å². The van der Waals surface area contributed by atoms with Crippen LogP contribution in [0, 0.1) is 0 Å². The third kappa shape index (κ3) is 1.82. The number of aliphatic hydroxyl groups excluding tert-OH is 1. The molecule has 0 aromatic carbocycles. The molecular formula is C11H12BrN3O2. The molecule has 3 rings (SSSR count). The number of imidazole rings is 1. The number of halogens is 1. The monoisotopic (exact) mass is 297 g/mol. The van der Waals surface area contributed by atoms with Crippen LogP contribution in [0.1, 0.15) is 11.5 Å². The minimum Gasteiger partial charge on any atom is -0.448 e. The third-order valence-electron chi connectivity index (χ3n) is 2.87. The van der Waals surface area contributed by atoms with Crippen molar-refractivity contribution in [2.45, 2.75) is 19.7 Å². The number of fused-ring (bicyclic) bond motifs is 1. The first-order valence-corrected chi connectivity index (χ1v) is 6.24. The average Bonchev–Trinajstić information content (AvgIpc) is 2.91. The van der Waals surface area contributed by atoms with Crippen LogP contribution in [-0.2, 0) is 19.7 Å². The Bertz CT molecular complexity index is 547. The summed E-state index contributed by atoms with van der Waals surface area (Å²) in [5.74, 6) is 1.68. The second-order valence-corrected chi connectivity index (χ2v) is 4.70. The van der Waals surface area contributed by atoms with Crippen LogP contribution >= 0.6 is 15.9 Å². The molecule has 0 spiro atoms. The summed E-state index contributed by atoms with van der Waals surface area (Å²) in [6.45, 7) is 2.40. The summed E-state index contributed by atoms with van der Waals surface area (Å²) >= 11 is 3.29. The first-order valence-electron chi connectivity index (χ1n) is 5.45. The molecule has 3 heterocycles. The zero-order chi connectivity index (χ0) is 11.8. The maximum atomic E-state index is 9.39. The number of aliphatic hydroxyl groups is 1. The Balaban J connectivity index is 2.16. The van der Waals surface area contributed by atoms with Gasteiger partial charge in [-0.2, -0.15) is 0 Å². The van der Waals surface area contributed by atoms with E-state index in [4.69, 9.17) is 4.42 Å². The predicted octanol–water partition coefficient (Wildman–Crippen LogP) is 1.50. The Kier molecular flexibility index (Phi) is 2.78. The van der Waals surface area contributed by atoms with Crippen molar-refractivity contribution in [1.29, 1.82) is 0 Å². The van der Waals surface area contributed by atoms with Gasteiger partial charge in [0.25, 0.3) is 0 Å². The SMILES string of the molecule is OCc1nc2n(c1-c1ccc(Br)o1)CCNC2. The van der Waals surface area contributed by atoms with Crippen molar-refractivity contribution in [2.24, 2.45) is 0 Å². The minimum atomic E-state index is -0.0757. The van der Waals surface area contributed by atoms with E-state index in [-0.39, 0.29) is 6.61 Å². The first-order chi connectivity index (χ1) is 8.29. The molecule has 1 aliphatic rings. The lowest BCUT2D eigenvalue weighted by atomic mass is 10.2. The summed E-state index contributed by atoms with van der Waals surface area (Å²) < 4.78 is 8.35. The van der Waals surface area contributed by atoms with E-state index in [0.717, 1.165) is 36.9 Å². The molecule has 0 radical (unpaired) electrons. The average molecular weight is 298 g/mol. The fraction of sp³-hybridized carbons (Fsp3) is 0.364. The minimum absolute atomic E-state index is 0.0757. The van der Waals surface area contributed by atoms with E-state index in [1.54, 1.807) is 0 Å². The molecule has 5 nitrogen and oxygen atoms in total. The lowest BCUT2D eigenvalue weighted by Crippen LogP contribution is -2.28. The van der Waals surface area contributed by atoms with Gasteiger partial charge < -0.3 is 19.4 Å². The van der Waals surface area contributed by atoms with Gasteiger partial charge >= 0.3 is 0 Å². The van der Waals surface area contributed by atoms with Gasteiger partial charge in [0.05, 0.1) is 18.8 Å². The highest BCUT2D eigenvalue weighted by Crippen LogP contribution is 2.29. The van der Waals surface area contributed by atoms with E-state index in [1.165, 1.54) is 0 Å². The molecule has 0 saturated heterocycles. The zero-order valence-electron chi connectivity index (χ0n) is 9.11. The predicted molar refractivity (Wildman–Crippen MR) is 65.3 cm³/mol. The highest BCUT2D eigenvalue weighted by Gasteiger charge is 2.22. The number of furan rings is 1. The third-order valence-corrected chi connectivity index (χ3v) is 3.30. The van der Waals surface area contributed by atoms with E-state index in [1.807, 2.05) is 12.1 Å². The fourth-order valence-corrected chi connectivity index (χ4v) is 2.45. The molecule has 0 amide bonds. The fourth-order valence-electron chi connectivity index (χ4n) is 2.15. The van der Waals surface area contributed by atoms with Crippen molar-refractivity contribution >= 4 is 15.9 Å². The second kappa shape index (κ2) is 4.29. The van der Waals surface area contributed by atoms with Gasteiger partial charge in [-0.15, -0.1) is 0 Å². The molecule has 6 heteroatoms. The summed E-state index contributed by atoms with van der Waals surface area (Å²) in [5.41, 5.74) is 1.56. The van der Waals surface area contributed by atoms with E-state index in [9.17, 15) is 5.11 Å². The van der Waals surface area contributed by atoms with Gasteiger partial charge in [-0.1, -0.05) is 0 Å².